The molecule has 1 rings (SSSR count). The van der Waals surface area contributed by atoms with Crippen molar-refractivity contribution in [2.45, 2.75) is 0 Å². The van der Waals surface area contributed by atoms with Crippen LogP contribution in [0.4, 0.5) is 0 Å². The average Bonchev–Trinajstić information content (AvgIpc) is 1.83. The van der Waals surface area contributed by atoms with Crippen LogP contribution in [0.15, 0.2) is 15.8 Å². The molecule has 1 aliphatic heterocycles. The van der Waals surface area contributed by atoms with Gasteiger partial charge < -0.3 is 5.73 Å². The molecule has 0 atom stereocenters. The van der Waals surface area contributed by atoms with Gasteiger partial charge in [-0.2, -0.15) is 0 Å². The summed E-state index contributed by atoms with van der Waals surface area (Å²) in [5, 5.41) is 0.340. The highest BCUT2D eigenvalue weighted by atomic mass is 35.5. The van der Waals surface area contributed by atoms with Crippen molar-refractivity contribution in [2.24, 2.45) is 10.7 Å². The Hall–Kier alpha value is -0.410. The lowest BCUT2D eigenvalue weighted by atomic mass is 10.5. The van der Waals surface area contributed by atoms with Gasteiger partial charge in [0.15, 0.2) is 0 Å². The van der Waals surface area contributed by atoms with Crippen molar-refractivity contribution < 1.29 is 0 Å². The first-order valence-corrected chi connectivity index (χ1v) is 3.02. The molecule has 0 bridgehead atoms. The van der Waals surface area contributed by atoms with Crippen LogP contribution >= 0.6 is 23.4 Å². The van der Waals surface area contributed by atoms with Crippen LogP contribution in [0.1, 0.15) is 0 Å². The third-order valence-electron chi connectivity index (χ3n) is 0.887. The van der Waals surface area contributed by atoms with Crippen molar-refractivity contribution in [3.63, 3.8) is 0 Å². The molecule has 0 saturated carbocycles. The fourth-order valence-corrected chi connectivity index (χ4v) is 0.728. The molecule has 0 aromatic rings. The fraction of sp³-hybridized carbons (Fsp3) is 0.250. The van der Waals surface area contributed by atoms with Crippen LogP contribution in [0, 0.1) is 0 Å². The predicted octanol–water partition coefficient (Wildman–Crippen LogP) is 0.851. The molecule has 50 valence electrons. The lowest BCUT2D eigenvalue weighted by molar-refractivity contribution is 0.595. The lowest BCUT2D eigenvalue weighted by Crippen LogP contribution is -2.19. The highest BCUT2D eigenvalue weighted by molar-refractivity contribution is 6.34. The summed E-state index contributed by atoms with van der Waals surface area (Å²) in [5.74, 6) is 0. The molecular formula is C4H5Cl2N3. The summed E-state index contributed by atoms with van der Waals surface area (Å²) >= 11 is 11.1. The van der Waals surface area contributed by atoms with Crippen molar-refractivity contribution in [3.05, 3.63) is 10.9 Å². The van der Waals surface area contributed by atoms with Gasteiger partial charge in [0.25, 0.3) is 0 Å². The zero-order valence-electron chi connectivity index (χ0n) is 4.51. The van der Waals surface area contributed by atoms with Crippen molar-refractivity contribution >= 4 is 29.6 Å². The maximum Gasteiger partial charge on any atom is 0.145 e. The molecule has 0 aromatic heterocycles. The molecule has 9 heavy (non-hydrogen) atoms. The SMILES string of the molecule is NC1=C(Cl)N(Cl)CN=C1. The Morgan fingerprint density at radius 3 is 2.89 bits per heavy atom. The van der Waals surface area contributed by atoms with Crippen molar-refractivity contribution in [1.29, 1.82) is 0 Å². The van der Waals surface area contributed by atoms with Crippen LogP contribution in [0.25, 0.3) is 0 Å². The highest BCUT2D eigenvalue weighted by Gasteiger charge is 2.09. The average molecular weight is 166 g/mol. The third-order valence-corrected chi connectivity index (χ3v) is 1.67. The molecule has 0 unspecified atom stereocenters. The molecule has 1 heterocycles. The Morgan fingerprint density at radius 2 is 2.44 bits per heavy atom. The molecule has 2 N–H and O–H groups in total. The summed E-state index contributed by atoms with van der Waals surface area (Å²) in [6.45, 7) is 0.362. The first-order valence-electron chi connectivity index (χ1n) is 2.30. The maximum atomic E-state index is 5.57. The summed E-state index contributed by atoms with van der Waals surface area (Å²) in [4.78, 5) is 3.79. The van der Waals surface area contributed by atoms with E-state index in [1.807, 2.05) is 0 Å². The predicted molar refractivity (Wildman–Crippen MR) is 38.1 cm³/mol. The molecule has 0 amide bonds. The van der Waals surface area contributed by atoms with Gasteiger partial charge in [-0.25, -0.2) is 0 Å². The Bertz CT molecular complexity index is 175. The van der Waals surface area contributed by atoms with E-state index in [9.17, 15) is 0 Å². The molecule has 5 heteroatoms. The number of allylic oxidation sites excluding steroid dienone is 1. The zero-order valence-corrected chi connectivity index (χ0v) is 6.02. The van der Waals surface area contributed by atoms with Crippen LogP contribution in [-0.2, 0) is 0 Å². The summed E-state index contributed by atoms with van der Waals surface area (Å²) in [6, 6.07) is 0. The number of hydrogen-bond acceptors (Lipinski definition) is 3. The van der Waals surface area contributed by atoms with E-state index in [0.29, 0.717) is 17.5 Å². The van der Waals surface area contributed by atoms with E-state index in [1.165, 1.54) is 10.6 Å². The smallest absolute Gasteiger partial charge is 0.145 e. The van der Waals surface area contributed by atoms with Gasteiger partial charge >= 0.3 is 0 Å². The number of nitrogens with zero attached hydrogens (tertiary/aromatic N) is 2. The number of nitrogens with two attached hydrogens (primary N) is 1. The van der Waals surface area contributed by atoms with Crippen LogP contribution in [0.3, 0.4) is 0 Å². The van der Waals surface area contributed by atoms with Gasteiger partial charge in [-0.1, -0.05) is 11.6 Å². The summed E-state index contributed by atoms with van der Waals surface area (Å²) in [5.41, 5.74) is 5.74. The first kappa shape index (κ1) is 6.71. The number of hydrogen-bond donors (Lipinski definition) is 1. The second kappa shape index (κ2) is 2.45. The van der Waals surface area contributed by atoms with Crippen molar-refractivity contribution in [3.8, 4) is 0 Å². The van der Waals surface area contributed by atoms with Crippen molar-refractivity contribution in [1.82, 2.24) is 4.42 Å². The minimum absolute atomic E-state index is 0.340. The van der Waals surface area contributed by atoms with E-state index in [-0.39, 0.29) is 0 Å². The Morgan fingerprint density at radius 1 is 1.78 bits per heavy atom. The van der Waals surface area contributed by atoms with Gasteiger partial charge in [-0.15, -0.1) is 0 Å². The molecule has 0 saturated heterocycles. The monoisotopic (exact) mass is 165 g/mol. The Kier molecular flexibility index (Phi) is 1.83. The highest BCUT2D eigenvalue weighted by Crippen LogP contribution is 2.16. The largest absolute Gasteiger partial charge is 0.395 e. The minimum atomic E-state index is 0.340. The summed E-state index contributed by atoms with van der Waals surface area (Å²) in [6.07, 6.45) is 1.49. The summed E-state index contributed by atoms with van der Waals surface area (Å²) < 4.78 is 1.25. The molecule has 0 radical (unpaired) electrons. The molecule has 0 aromatic carbocycles. The van der Waals surface area contributed by atoms with Gasteiger partial charge in [0, 0.05) is 18.0 Å². The van der Waals surface area contributed by atoms with Crippen LogP contribution in [0.5, 0.6) is 0 Å². The van der Waals surface area contributed by atoms with Gasteiger partial charge in [0.2, 0.25) is 0 Å². The standard InChI is InChI=1S/C4H5Cl2N3/c5-4-3(7)1-8-2-9(4)6/h1H,2,7H2. The quantitative estimate of drug-likeness (QED) is 0.428. The van der Waals surface area contributed by atoms with E-state index in [4.69, 9.17) is 29.1 Å². The molecule has 0 spiro atoms. The number of aliphatic imine (C=N–C) groups is 1. The normalized spacial score (nSPS) is 19.1. The molecule has 3 nitrogen and oxygen atoms in total. The Labute approximate surface area is 62.9 Å². The van der Waals surface area contributed by atoms with Gasteiger partial charge in [0.05, 0.1) is 5.70 Å². The second-order valence-corrected chi connectivity index (χ2v) is 2.33. The Balaban J connectivity index is 2.83. The second-order valence-electron chi connectivity index (χ2n) is 1.56. The number of rotatable bonds is 0. The van der Waals surface area contributed by atoms with Crippen LogP contribution < -0.4 is 5.73 Å². The molecule has 0 aliphatic carbocycles. The van der Waals surface area contributed by atoms with Gasteiger partial charge in [-0.3, -0.25) is 9.41 Å². The van der Waals surface area contributed by atoms with E-state index in [2.05, 4.69) is 4.99 Å². The number of halogens is 2. The van der Waals surface area contributed by atoms with E-state index >= 15 is 0 Å². The van der Waals surface area contributed by atoms with Gasteiger partial charge in [0.1, 0.15) is 11.8 Å². The van der Waals surface area contributed by atoms with E-state index in [1.54, 1.807) is 0 Å². The lowest BCUT2D eigenvalue weighted by Gasteiger charge is -2.15. The zero-order chi connectivity index (χ0) is 6.85. The molecule has 0 fully saturated rings. The fourth-order valence-electron chi connectivity index (χ4n) is 0.466. The van der Waals surface area contributed by atoms with Crippen molar-refractivity contribution in [2.75, 3.05) is 6.67 Å². The maximum absolute atomic E-state index is 5.57. The van der Waals surface area contributed by atoms with Crippen LogP contribution in [0.2, 0.25) is 0 Å². The van der Waals surface area contributed by atoms with E-state index in [0.717, 1.165) is 0 Å². The van der Waals surface area contributed by atoms with Gasteiger partial charge in [-0.05, 0) is 0 Å². The van der Waals surface area contributed by atoms with Crippen LogP contribution in [-0.4, -0.2) is 17.3 Å². The molecule has 1 aliphatic rings. The minimum Gasteiger partial charge on any atom is -0.395 e. The summed E-state index contributed by atoms with van der Waals surface area (Å²) in [7, 11) is 0. The van der Waals surface area contributed by atoms with E-state index < -0.39 is 0 Å². The topological polar surface area (TPSA) is 41.6 Å². The first-order chi connectivity index (χ1) is 4.22. The third kappa shape index (κ3) is 1.28. The molecular weight excluding hydrogens is 161 g/mol.